The molecule has 0 aromatic carbocycles. The Kier molecular flexibility index (Phi) is 1.14. The van der Waals surface area contributed by atoms with Crippen molar-refractivity contribution >= 4 is 11.9 Å². The molecular weight excluding hydrogens is 120 g/mol. The molecule has 50 valence electrons. The van der Waals surface area contributed by atoms with Crippen LogP contribution in [0.25, 0.3) is 0 Å². The van der Waals surface area contributed by atoms with Gasteiger partial charge in [-0.05, 0) is 0 Å². The third-order valence-electron chi connectivity index (χ3n) is 1.26. The number of aliphatic imine (C=N–C) groups is 1. The zero-order chi connectivity index (χ0) is 7.02. The lowest BCUT2D eigenvalue weighted by molar-refractivity contribution is -0.119. The minimum atomic E-state index is -0.676. The van der Waals surface area contributed by atoms with Gasteiger partial charge >= 0.3 is 0 Å². The van der Waals surface area contributed by atoms with Gasteiger partial charge in [-0.15, -0.1) is 0 Å². The molecule has 1 rings (SSSR count). The van der Waals surface area contributed by atoms with E-state index in [4.69, 9.17) is 11.5 Å². The second-order valence-corrected chi connectivity index (χ2v) is 1.86. The molecule has 1 unspecified atom stereocenters. The van der Waals surface area contributed by atoms with Crippen molar-refractivity contribution < 1.29 is 4.79 Å². The number of rotatable bonds is 0. The summed E-state index contributed by atoms with van der Waals surface area (Å²) in [5, 5.41) is 0. The van der Waals surface area contributed by atoms with Crippen LogP contribution in [0.4, 0.5) is 0 Å². The first-order chi connectivity index (χ1) is 4.13. The Labute approximate surface area is 52.3 Å². The average Bonchev–Trinajstić information content (AvgIpc) is 1.98. The van der Waals surface area contributed by atoms with Crippen molar-refractivity contribution in [1.82, 2.24) is 4.90 Å². The predicted octanol–water partition coefficient (Wildman–Crippen LogP) is -1.94. The number of carbonyl (C=O) groups is 1. The Morgan fingerprint density at radius 1 is 1.78 bits per heavy atom. The Morgan fingerprint density at radius 2 is 2.33 bits per heavy atom. The van der Waals surface area contributed by atoms with E-state index in [1.54, 1.807) is 7.05 Å². The average molecular weight is 128 g/mol. The van der Waals surface area contributed by atoms with Gasteiger partial charge in [-0.25, -0.2) is 0 Å². The SMILES string of the molecule is CN1C(N)=NC(=O)C1N. The quantitative estimate of drug-likeness (QED) is 0.397. The van der Waals surface area contributed by atoms with Crippen LogP contribution in [0.15, 0.2) is 4.99 Å². The lowest BCUT2D eigenvalue weighted by atomic mass is 10.5. The Morgan fingerprint density at radius 3 is 2.44 bits per heavy atom. The minimum absolute atomic E-state index is 0.188. The molecule has 1 aliphatic rings. The number of amides is 1. The van der Waals surface area contributed by atoms with Gasteiger partial charge in [0.2, 0.25) is 5.96 Å². The van der Waals surface area contributed by atoms with Gasteiger partial charge in [0.05, 0.1) is 0 Å². The van der Waals surface area contributed by atoms with Crippen molar-refractivity contribution in [1.29, 1.82) is 0 Å². The van der Waals surface area contributed by atoms with Gasteiger partial charge in [-0.2, -0.15) is 4.99 Å². The predicted molar refractivity (Wildman–Crippen MR) is 32.4 cm³/mol. The third-order valence-corrected chi connectivity index (χ3v) is 1.26. The van der Waals surface area contributed by atoms with E-state index in [2.05, 4.69) is 4.99 Å². The zero-order valence-electron chi connectivity index (χ0n) is 5.03. The van der Waals surface area contributed by atoms with E-state index in [1.165, 1.54) is 4.90 Å². The summed E-state index contributed by atoms with van der Waals surface area (Å²) >= 11 is 0. The van der Waals surface area contributed by atoms with Crippen LogP contribution in [0, 0.1) is 0 Å². The number of carbonyl (C=O) groups excluding carboxylic acids is 1. The highest BCUT2D eigenvalue weighted by Crippen LogP contribution is 1.99. The highest BCUT2D eigenvalue weighted by atomic mass is 16.2. The summed E-state index contributed by atoms with van der Waals surface area (Å²) in [4.78, 5) is 15.4. The fraction of sp³-hybridized carbons (Fsp3) is 0.500. The first kappa shape index (κ1) is 6.03. The first-order valence-electron chi connectivity index (χ1n) is 2.49. The molecule has 5 heteroatoms. The summed E-state index contributed by atoms with van der Waals surface area (Å²) in [6, 6.07) is 0. The van der Waals surface area contributed by atoms with Crippen LogP contribution in [0.2, 0.25) is 0 Å². The van der Waals surface area contributed by atoms with Gasteiger partial charge in [-0.1, -0.05) is 0 Å². The molecular formula is C4H8N4O. The van der Waals surface area contributed by atoms with Crippen LogP contribution in [-0.4, -0.2) is 30.0 Å². The number of guanidine groups is 1. The largest absolute Gasteiger partial charge is 0.369 e. The molecule has 5 nitrogen and oxygen atoms in total. The number of nitrogens with zero attached hydrogens (tertiary/aromatic N) is 2. The summed E-state index contributed by atoms with van der Waals surface area (Å²) in [5.41, 5.74) is 10.5. The van der Waals surface area contributed by atoms with Crippen LogP contribution < -0.4 is 11.5 Å². The lowest BCUT2D eigenvalue weighted by Crippen LogP contribution is -2.44. The molecule has 0 aliphatic carbocycles. The first-order valence-corrected chi connectivity index (χ1v) is 2.49. The smallest absolute Gasteiger partial charge is 0.286 e. The molecule has 4 N–H and O–H groups in total. The Hall–Kier alpha value is -1.10. The maximum absolute atomic E-state index is 10.6. The van der Waals surface area contributed by atoms with Gasteiger partial charge < -0.3 is 16.4 Å². The van der Waals surface area contributed by atoms with E-state index in [0.29, 0.717) is 0 Å². The fourth-order valence-corrected chi connectivity index (χ4v) is 0.566. The molecule has 0 aromatic heterocycles. The molecule has 1 heterocycles. The van der Waals surface area contributed by atoms with E-state index in [-0.39, 0.29) is 11.9 Å². The van der Waals surface area contributed by atoms with Crippen LogP contribution in [-0.2, 0) is 4.79 Å². The maximum atomic E-state index is 10.6. The van der Waals surface area contributed by atoms with Crippen LogP contribution >= 0.6 is 0 Å². The summed E-state index contributed by atoms with van der Waals surface area (Å²) in [6.45, 7) is 0. The molecule has 0 saturated heterocycles. The van der Waals surface area contributed by atoms with E-state index in [0.717, 1.165) is 0 Å². The molecule has 0 fully saturated rings. The number of hydrogen-bond donors (Lipinski definition) is 2. The van der Waals surface area contributed by atoms with Gasteiger partial charge in [0.15, 0.2) is 6.17 Å². The summed E-state index contributed by atoms with van der Waals surface area (Å²) in [5.74, 6) is -0.192. The van der Waals surface area contributed by atoms with Crippen LogP contribution in [0.5, 0.6) is 0 Å². The maximum Gasteiger partial charge on any atom is 0.286 e. The topological polar surface area (TPSA) is 84.7 Å². The molecule has 0 saturated carbocycles. The highest BCUT2D eigenvalue weighted by molar-refractivity contribution is 6.01. The van der Waals surface area contributed by atoms with Crippen LogP contribution in [0.3, 0.4) is 0 Å². The molecule has 0 bridgehead atoms. The van der Waals surface area contributed by atoms with Crippen molar-refractivity contribution in [3.8, 4) is 0 Å². The van der Waals surface area contributed by atoms with Gasteiger partial charge in [0, 0.05) is 7.05 Å². The normalized spacial score (nSPS) is 26.9. The van der Waals surface area contributed by atoms with E-state index in [9.17, 15) is 4.79 Å². The van der Waals surface area contributed by atoms with Crippen molar-refractivity contribution in [3.63, 3.8) is 0 Å². The van der Waals surface area contributed by atoms with E-state index >= 15 is 0 Å². The molecule has 1 aliphatic heterocycles. The molecule has 9 heavy (non-hydrogen) atoms. The van der Waals surface area contributed by atoms with Crippen LogP contribution in [0.1, 0.15) is 0 Å². The molecule has 1 atom stereocenters. The van der Waals surface area contributed by atoms with Crippen molar-refractivity contribution in [2.75, 3.05) is 7.05 Å². The monoisotopic (exact) mass is 128 g/mol. The summed E-state index contributed by atoms with van der Waals surface area (Å²) in [6.07, 6.45) is -0.676. The molecule has 0 aromatic rings. The Balaban J connectivity index is 2.82. The van der Waals surface area contributed by atoms with Crippen molar-refractivity contribution in [3.05, 3.63) is 0 Å². The third kappa shape index (κ3) is 0.746. The summed E-state index contributed by atoms with van der Waals surface area (Å²) < 4.78 is 0. The second kappa shape index (κ2) is 1.70. The summed E-state index contributed by atoms with van der Waals surface area (Å²) in [7, 11) is 1.62. The standard InChI is InChI=1S/C4H8N4O/c1-8-2(5)3(9)7-4(8)6/h2H,5H2,1H3,(H2,6,7,9). The number of nitrogens with two attached hydrogens (primary N) is 2. The minimum Gasteiger partial charge on any atom is -0.369 e. The second-order valence-electron chi connectivity index (χ2n) is 1.86. The molecule has 0 radical (unpaired) electrons. The van der Waals surface area contributed by atoms with Gasteiger partial charge in [0.25, 0.3) is 5.91 Å². The highest BCUT2D eigenvalue weighted by Gasteiger charge is 2.26. The molecule has 1 amide bonds. The van der Waals surface area contributed by atoms with E-state index < -0.39 is 6.17 Å². The lowest BCUT2D eigenvalue weighted by Gasteiger charge is -2.13. The number of hydrogen-bond acceptors (Lipinski definition) is 4. The fourth-order valence-electron chi connectivity index (χ4n) is 0.566. The molecule has 0 spiro atoms. The number of likely N-dealkylation sites (N-methyl/N-ethyl adjacent to an activating group) is 1. The van der Waals surface area contributed by atoms with Gasteiger partial charge in [0.1, 0.15) is 0 Å². The van der Waals surface area contributed by atoms with Gasteiger partial charge in [-0.3, -0.25) is 4.79 Å². The Bertz CT molecular complexity index is 175. The zero-order valence-corrected chi connectivity index (χ0v) is 5.03. The van der Waals surface area contributed by atoms with E-state index in [1.807, 2.05) is 0 Å². The van der Waals surface area contributed by atoms with Crippen molar-refractivity contribution in [2.24, 2.45) is 16.5 Å². The van der Waals surface area contributed by atoms with Crippen molar-refractivity contribution in [2.45, 2.75) is 6.17 Å².